The van der Waals surface area contributed by atoms with Crippen LogP contribution < -0.4 is 19.6 Å². The maximum absolute atomic E-state index is 14.1. The van der Waals surface area contributed by atoms with Gasteiger partial charge in [-0.1, -0.05) is 81.9 Å². The van der Waals surface area contributed by atoms with Crippen LogP contribution in [0.4, 0.5) is 4.39 Å². The summed E-state index contributed by atoms with van der Waals surface area (Å²) >= 11 is 7.04. The summed E-state index contributed by atoms with van der Waals surface area (Å²) in [6.07, 6.45) is 1.79. The number of benzene rings is 4. The van der Waals surface area contributed by atoms with Crippen molar-refractivity contribution >= 4 is 72.7 Å². The van der Waals surface area contributed by atoms with Crippen molar-refractivity contribution < 1.29 is 18.7 Å². The maximum atomic E-state index is 14.1. The Morgan fingerprint density at radius 2 is 1.86 bits per heavy atom. The van der Waals surface area contributed by atoms with Crippen molar-refractivity contribution in [3.05, 3.63) is 140 Å². The monoisotopic (exact) mass is 782 g/mol. The summed E-state index contributed by atoms with van der Waals surface area (Å²) in [4.78, 5) is 32.3. The Morgan fingerprint density at radius 3 is 2.64 bits per heavy atom. The number of hydrogen-bond donors (Lipinski definition) is 0. The fourth-order valence-electron chi connectivity index (χ4n) is 5.30. The smallest absolute Gasteiger partial charge is 0.338 e. The molecule has 0 N–H and O–H groups in total. The molecule has 0 saturated carbocycles. The van der Waals surface area contributed by atoms with Gasteiger partial charge in [0.25, 0.3) is 5.56 Å². The van der Waals surface area contributed by atoms with Crippen LogP contribution in [0.2, 0.25) is 0 Å². The van der Waals surface area contributed by atoms with Crippen LogP contribution in [0.15, 0.2) is 104 Å². The molecule has 0 saturated heterocycles. The van der Waals surface area contributed by atoms with Crippen LogP contribution in [0.1, 0.15) is 36.6 Å². The third kappa shape index (κ3) is 5.90. The highest BCUT2D eigenvalue weighted by Gasteiger charge is 2.33. The second-order valence-electron chi connectivity index (χ2n) is 10.1. The number of fused-ring (bicyclic) bond motifs is 2. The molecule has 1 aliphatic rings. The molecule has 1 aliphatic heterocycles. The zero-order valence-electron chi connectivity index (χ0n) is 23.6. The fraction of sp³-hybridized carbons (Fsp3) is 0.147. The van der Waals surface area contributed by atoms with Gasteiger partial charge in [0, 0.05) is 10.0 Å². The molecule has 10 heteroatoms. The van der Waals surface area contributed by atoms with Gasteiger partial charge >= 0.3 is 5.97 Å². The third-order valence-electron chi connectivity index (χ3n) is 7.28. The van der Waals surface area contributed by atoms with Crippen LogP contribution in [0.5, 0.6) is 5.75 Å². The number of allylic oxidation sites excluding steroid dienone is 1. The van der Waals surface area contributed by atoms with Crippen LogP contribution in [0, 0.1) is 9.39 Å². The number of aromatic nitrogens is 1. The number of thiazole rings is 1. The lowest BCUT2D eigenvalue weighted by Crippen LogP contribution is -2.39. The molecule has 1 atom stereocenters. The molecule has 4 aromatic carbocycles. The quantitative estimate of drug-likeness (QED) is 0.131. The van der Waals surface area contributed by atoms with Crippen molar-refractivity contribution in [2.45, 2.75) is 26.5 Å². The zero-order chi connectivity index (χ0) is 31.0. The standard InChI is InChI=1S/C34H25BrFIN2O4S/c1-3-42-33(41)29-19(2)38-34-39(30(29)21-11-13-25(36)14-12-21)32(40)28(44-34)16-23-15-24(35)17-27(37)31(23)43-18-22-9-6-8-20-7-4-5-10-26(20)22/h4-17,30H,3,18H2,1-2H3/b28-16-/t30-/m0/s1. The summed E-state index contributed by atoms with van der Waals surface area (Å²) in [6, 6.07) is 23.1. The van der Waals surface area contributed by atoms with Crippen molar-refractivity contribution in [3.8, 4) is 5.75 Å². The Labute approximate surface area is 278 Å². The largest absolute Gasteiger partial charge is 0.487 e. The van der Waals surface area contributed by atoms with Gasteiger partial charge in [-0.05, 0) is 88.7 Å². The van der Waals surface area contributed by atoms with E-state index in [1.807, 2.05) is 36.4 Å². The van der Waals surface area contributed by atoms with Crippen molar-refractivity contribution in [2.75, 3.05) is 6.61 Å². The lowest BCUT2D eigenvalue weighted by Gasteiger charge is -2.24. The summed E-state index contributed by atoms with van der Waals surface area (Å²) in [5, 5.41) is 2.25. The Kier molecular flexibility index (Phi) is 8.84. The molecule has 222 valence electrons. The number of carbonyl (C=O) groups is 1. The number of halogens is 3. The number of hydrogen-bond acceptors (Lipinski definition) is 6. The molecule has 6 nitrogen and oxygen atoms in total. The molecule has 0 spiro atoms. The van der Waals surface area contributed by atoms with E-state index in [1.165, 1.54) is 28.0 Å². The van der Waals surface area contributed by atoms with E-state index in [2.05, 4.69) is 61.7 Å². The molecule has 5 aromatic rings. The molecular formula is C34H25BrFIN2O4S. The second kappa shape index (κ2) is 12.8. The van der Waals surface area contributed by atoms with Gasteiger partial charge < -0.3 is 9.47 Å². The summed E-state index contributed by atoms with van der Waals surface area (Å²) in [6.45, 7) is 3.94. The van der Waals surface area contributed by atoms with Crippen LogP contribution >= 0.6 is 49.9 Å². The number of carbonyl (C=O) groups excluding carboxylic acids is 1. The average Bonchev–Trinajstić information content (AvgIpc) is 3.30. The molecule has 0 amide bonds. The fourth-order valence-corrected chi connectivity index (χ4v) is 8.04. The first-order valence-corrected chi connectivity index (χ1v) is 16.5. The summed E-state index contributed by atoms with van der Waals surface area (Å²) in [5.41, 5.74) is 2.71. The van der Waals surface area contributed by atoms with E-state index in [4.69, 9.17) is 9.47 Å². The van der Waals surface area contributed by atoms with Gasteiger partial charge in [0.2, 0.25) is 0 Å². The van der Waals surface area contributed by atoms with Crippen LogP contribution in [-0.4, -0.2) is 17.1 Å². The summed E-state index contributed by atoms with van der Waals surface area (Å²) in [7, 11) is 0. The van der Waals surface area contributed by atoms with Crippen molar-refractivity contribution in [2.24, 2.45) is 4.99 Å². The minimum Gasteiger partial charge on any atom is -0.487 e. The van der Waals surface area contributed by atoms with Crippen molar-refractivity contribution in [3.63, 3.8) is 0 Å². The van der Waals surface area contributed by atoms with Gasteiger partial charge in [-0.2, -0.15) is 0 Å². The van der Waals surface area contributed by atoms with E-state index >= 15 is 0 Å². The number of esters is 1. The van der Waals surface area contributed by atoms with E-state index in [9.17, 15) is 14.0 Å². The average molecular weight is 783 g/mol. The van der Waals surface area contributed by atoms with Gasteiger partial charge in [0.05, 0.1) is 32.0 Å². The first-order valence-electron chi connectivity index (χ1n) is 13.8. The number of rotatable bonds is 7. The van der Waals surface area contributed by atoms with E-state index in [-0.39, 0.29) is 17.7 Å². The lowest BCUT2D eigenvalue weighted by molar-refractivity contribution is -0.139. The normalized spacial score (nSPS) is 14.8. The Bertz CT molecular complexity index is 2130. The first kappa shape index (κ1) is 30.4. The molecule has 0 unspecified atom stereocenters. The van der Waals surface area contributed by atoms with E-state index in [0.29, 0.717) is 38.5 Å². The minimum atomic E-state index is -0.822. The predicted molar refractivity (Wildman–Crippen MR) is 182 cm³/mol. The molecule has 0 radical (unpaired) electrons. The highest BCUT2D eigenvalue weighted by molar-refractivity contribution is 14.1. The van der Waals surface area contributed by atoms with Gasteiger partial charge in [-0.25, -0.2) is 14.2 Å². The lowest BCUT2D eigenvalue weighted by atomic mass is 9.96. The topological polar surface area (TPSA) is 69.9 Å². The highest BCUT2D eigenvalue weighted by Crippen LogP contribution is 2.33. The Morgan fingerprint density at radius 1 is 1.11 bits per heavy atom. The third-order valence-corrected chi connectivity index (χ3v) is 9.52. The molecule has 2 heterocycles. The van der Waals surface area contributed by atoms with Gasteiger partial charge in [-0.15, -0.1) is 0 Å². The molecule has 1 aromatic heterocycles. The first-order chi connectivity index (χ1) is 21.2. The second-order valence-corrected chi connectivity index (χ2v) is 13.2. The highest BCUT2D eigenvalue weighted by atomic mass is 127. The minimum absolute atomic E-state index is 0.166. The van der Waals surface area contributed by atoms with Crippen LogP contribution in [0.25, 0.3) is 16.8 Å². The summed E-state index contributed by atoms with van der Waals surface area (Å²) < 4.78 is 29.3. The van der Waals surface area contributed by atoms with Crippen molar-refractivity contribution in [1.82, 2.24) is 4.57 Å². The molecule has 0 fully saturated rings. The Hall–Kier alpha value is -3.61. The zero-order valence-corrected chi connectivity index (χ0v) is 28.2. The Balaban J connectivity index is 1.46. The van der Waals surface area contributed by atoms with Crippen molar-refractivity contribution in [1.29, 1.82) is 0 Å². The molecule has 6 rings (SSSR count). The predicted octanol–water partition coefficient (Wildman–Crippen LogP) is 7.04. The van der Waals surface area contributed by atoms with E-state index in [0.717, 1.165) is 24.4 Å². The van der Waals surface area contributed by atoms with E-state index in [1.54, 1.807) is 32.1 Å². The molecule has 44 heavy (non-hydrogen) atoms. The van der Waals surface area contributed by atoms with Crippen LogP contribution in [-0.2, 0) is 16.1 Å². The van der Waals surface area contributed by atoms with E-state index < -0.39 is 17.8 Å². The molecular weight excluding hydrogens is 758 g/mol. The summed E-state index contributed by atoms with van der Waals surface area (Å²) in [5.74, 6) is -0.339. The molecule has 0 aliphatic carbocycles. The number of nitrogens with zero attached hydrogens (tertiary/aromatic N) is 2. The SMILES string of the molecule is CCOC(=O)C1=C(C)N=c2s/c(=C\c3cc(Br)cc(I)c3OCc3cccc4ccccc34)c(=O)n2[C@H]1c1ccc(F)cc1. The molecule has 0 bridgehead atoms. The van der Waals surface area contributed by atoms with Gasteiger partial charge in [0.1, 0.15) is 18.2 Å². The van der Waals surface area contributed by atoms with Gasteiger partial charge in [-0.3, -0.25) is 9.36 Å². The van der Waals surface area contributed by atoms with Crippen LogP contribution in [0.3, 0.4) is 0 Å². The number of ether oxygens (including phenoxy) is 2. The van der Waals surface area contributed by atoms with Gasteiger partial charge in [0.15, 0.2) is 4.80 Å². The maximum Gasteiger partial charge on any atom is 0.338 e.